The summed E-state index contributed by atoms with van der Waals surface area (Å²) in [5.74, 6) is 3.26. The van der Waals surface area contributed by atoms with Crippen LogP contribution in [0.15, 0.2) is 46.7 Å². The smallest absolute Gasteiger partial charge is 0.322 e. The normalized spacial score (nSPS) is 28.9. The van der Waals surface area contributed by atoms with E-state index in [1.165, 1.54) is 23.5 Å². The second-order valence-corrected chi connectivity index (χ2v) is 9.96. The van der Waals surface area contributed by atoms with Gasteiger partial charge in [0.1, 0.15) is 17.5 Å². The number of nitrogens with zero attached hydrogens (tertiary/aromatic N) is 4. The Balaban J connectivity index is 1.29. The molecule has 1 saturated heterocycles. The first-order valence-corrected chi connectivity index (χ1v) is 12.3. The van der Waals surface area contributed by atoms with Gasteiger partial charge in [0.05, 0.1) is 36.5 Å². The van der Waals surface area contributed by atoms with Gasteiger partial charge in [-0.2, -0.15) is 0 Å². The second-order valence-electron chi connectivity index (χ2n) is 9.61. The number of likely N-dealkylation sites (N-methyl/N-ethyl adjacent to an activating group) is 1. The van der Waals surface area contributed by atoms with Crippen molar-refractivity contribution in [2.75, 3.05) is 20.2 Å². The van der Waals surface area contributed by atoms with Crippen molar-refractivity contribution in [3.8, 4) is 5.75 Å². The van der Waals surface area contributed by atoms with Crippen LogP contribution in [0.2, 0.25) is 5.15 Å². The lowest BCUT2D eigenvalue weighted by Gasteiger charge is -2.31. The number of likely N-dealkylation sites (tertiary alicyclic amines) is 1. The van der Waals surface area contributed by atoms with Crippen molar-refractivity contribution in [3.63, 3.8) is 0 Å². The maximum atomic E-state index is 6.40. The topological polar surface area (TPSA) is 40.7 Å². The van der Waals surface area contributed by atoms with Crippen molar-refractivity contribution in [3.05, 3.63) is 46.9 Å². The fourth-order valence-corrected chi connectivity index (χ4v) is 6.22. The molecule has 4 aliphatic rings. The molecule has 1 aliphatic carbocycles. The maximum absolute atomic E-state index is 6.40. The number of pyridine rings is 1. The standard InChI is InChI=1S/C26H30ClN4O/c1-4-16-12-20-24(22-15(2)23(22)29-26(20)30(16)3)31-11-7-8-17(31)14-32-21-13-28-25(27)19-10-6-5-9-18(19)21/h5-6,9-10,13,15,17,22-23H,4,7-8,11-12,14H2,1-3H3/q+1. The highest BCUT2D eigenvalue weighted by atomic mass is 35.5. The van der Waals surface area contributed by atoms with Crippen molar-refractivity contribution in [1.29, 1.82) is 0 Å². The van der Waals surface area contributed by atoms with E-state index in [9.17, 15) is 0 Å². The first-order chi connectivity index (χ1) is 15.6. The number of aliphatic imine (C=N–C) groups is 1. The highest BCUT2D eigenvalue weighted by Gasteiger charge is 2.61. The third-order valence-corrected chi connectivity index (χ3v) is 8.21. The number of hydrogen-bond donors (Lipinski definition) is 0. The highest BCUT2D eigenvalue weighted by Crippen LogP contribution is 2.54. The van der Waals surface area contributed by atoms with Gasteiger partial charge in [0.15, 0.2) is 6.04 Å². The molecule has 4 atom stereocenters. The van der Waals surface area contributed by atoms with E-state index in [1.807, 2.05) is 18.2 Å². The number of amidine groups is 1. The van der Waals surface area contributed by atoms with Crippen LogP contribution < -0.4 is 4.74 Å². The van der Waals surface area contributed by atoms with Crippen LogP contribution in [0.3, 0.4) is 0 Å². The predicted molar refractivity (Wildman–Crippen MR) is 129 cm³/mol. The second kappa shape index (κ2) is 7.58. The molecule has 3 aliphatic heterocycles. The Bertz CT molecular complexity index is 1200. The van der Waals surface area contributed by atoms with Gasteiger partial charge in [0.2, 0.25) is 0 Å². The lowest BCUT2D eigenvalue weighted by atomic mass is 10.0. The lowest BCUT2D eigenvalue weighted by Crippen LogP contribution is -2.37. The fourth-order valence-electron chi connectivity index (χ4n) is 6.00. The van der Waals surface area contributed by atoms with Gasteiger partial charge < -0.3 is 9.64 Å². The van der Waals surface area contributed by atoms with Gasteiger partial charge in [-0.1, -0.05) is 54.7 Å². The lowest BCUT2D eigenvalue weighted by molar-refractivity contribution is -0.368. The average Bonchev–Trinajstić information content (AvgIpc) is 3.13. The zero-order valence-electron chi connectivity index (χ0n) is 19.0. The number of fused-ring (bicyclic) bond motifs is 3. The maximum Gasteiger partial charge on any atom is 0.322 e. The Kier molecular flexibility index (Phi) is 4.79. The molecule has 2 fully saturated rings. The molecule has 0 bridgehead atoms. The Morgan fingerprint density at radius 3 is 2.88 bits per heavy atom. The molecule has 1 saturated carbocycles. The molecule has 166 valence electrons. The molecule has 1 aromatic heterocycles. The Morgan fingerprint density at radius 1 is 1.25 bits per heavy atom. The van der Waals surface area contributed by atoms with Gasteiger partial charge in [-0.15, -0.1) is 0 Å². The Labute approximate surface area is 194 Å². The molecule has 5 nitrogen and oxygen atoms in total. The summed E-state index contributed by atoms with van der Waals surface area (Å²) in [4.78, 5) is 12.2. The summed E-state index contributed by atoms with van der Waals surface area (Å²) < 4.78 is 8.75. The van der Waals surface area contributed by atoms with E-state index in [0.29, 0.717) is 35.7 Å². The van der Waals surface area contributed by atoms with E-state index in [1.54, 1.807) is 11.9 Å². The number of rotatable bonds is 5. The monoisotopic (exact) mass is 449 g/mol. The van der Waals surface area contributed by atoms with E-state index in [2.05, 4.69) is 41.4 Å². The molecule has 4 unspecified atom stereocenters. The molecule has 4 heterocycles. The summed E-state index contributed by atoms with van der Waals surface area (Å²) in [6, 6.07) is 8.91. The molecule has 6 rings (SSSR count). The Hall–Kier alpha value is -2.40. The van der Waals surface area contributed by atoms with Gasteiger partial charge in [0, 0.05) is 41.8 Å². The van der Waals surface area contributed by atoms with E-state index < -0.39 is 0 Å². The Morgan fingerprint density at radius 2 is 2.06 bits per heavy atom. The summed E-state index contributed by atoms with van der Waals surface area (Å²) in [5.41, 5.74) is 4.52. The molecule has 0 amide bonds. The summed E-state index contributed by atoms with van der Waals surface area (Å²) in [6.07, 6.45) is 6.27. The van der Waals surface area contributed by atoms with Gasteiger partial charge in [-0.3, -0.25) is 0 Å². The predicted octanol–water partition coefficient (Wildman–Crippen LogP) is 4.93. The van der Waals surface area contributed by atoms with Crippen LogP contribution in [0.25, 0.3) is 10.8 Å². The van der Waals surface area contributed by atoms with Crippen LogP contribution in [-0.2, 0) is 0 Å². The molecule has 0 radical (unpaired) electrons. The average molecular weight is 450 g/mol. The molecular formula is C26H30ClN4O+. The zero-order chi connectivity index (χ0) is 22.0. The minimum atomic E-state index is 0.385. The van der Waals surface area contributed by atoms with Gasteiger partial charge in [-0.05, 0) is 12.8 Å². The van der Waals surface area contributed by atoms with Crippen LogP contribution in [0.4, 0.5) is 0 Å². The van der Waals surface area contributed by atoms with E-state index >= 15 is 0 Å². The van der Waals surface area contributed by atoms with Crippen molar-refractivity contribution < 1.29 is 9.31 Å². The van der Waals surface area contributed by atoms with Crippen molar-refractivity contribution in [2.24, 2.45) is 16.8 Å². The van der Waals surface area contributed by atoms with Gasteiger partial charge in [0.25, 0.3) is 0 Å². The quantitative estimate of drug-likeness (QED) is 0.480. The molecule has 32 heavy (non-hydrogen) atoms. The first kappa shape index (κ1) is 20.2. The number of dihydropyridines is 1. The fraction of sp³-hybridized carbons (Fsp3) is 0.500. The van der Waals surface area contributed by atoms with E-state index in [-0.39, 0.29) is 0 Å². The van der Waals surface area contributed by atoms with Crippen molar-refractivity contribution in [2.45, 2.75) is 51.6 Å². The summed E-state index contributed by atoms with van der Waals surface area (Å²) in [6.45, 7) is 6.40. The first-order valence-electron chi connectivity index (χ1n) is 11.9. The minimum absolute atomic E-state index is 0.385. The number of aromatic nitrogens is 1. The molecular weight excluding hydrogens is 420 g/mol. The molecule has 1 aromatic carbocycles. The highest BCUT2D eigenvalue weighted by molar-refractivity contribution is 6.34. The van der Waals surface area contributed by atoms with Crippen molar-refractivity contribution in [1.82, 2.24) is 9.88 Å². The largest absolute Gasteiger partial charge is 0.489 e. The summed E-state index contributed by atoms with van der Waals surface area (Å²) in [7, 11) is 2.19. The molecule has 0 N–H and O–H groups in total. The zero-order valence-corrected chi connectivity index (χ0v) is 19.8. The number of halogens is 1. The number of hydrogen-bond acceptors (Lipinski definition) is 4. The molecule has 0 spiro atoms. The molecule has 2 aromatic rings. The minimum Gasteiger partial charge on any atom is -0.489 e. The van der Waals surface area contributed by atoms with Crippen LogP contribution in [0.5, 0.6) is 5.75 Å². The van der Waals surface area contributed by atoms with Gasteiger partial charge >= 0.3 is 5.84 Å². The third-order valence-electron chi connectivity index (χ3n) is 7.91. The van der Waals surface area contributed by atoms with Crippen LogP contribution in [0.1, 0.15) is 39.5 Å². The summed E-state index contributed by atoms with van der Waals surface area (Å²) >= 11 is 6.30. The number of ether oxygens (including phenoxy) is 1. The van der Waals surface area contributed by atoms with Crippen LogP contribution in [0, 0.1) is 11.8 Å². The van der Waals surface area contributed by atoms with E-state index in [0.717, 1.165) is 42.3 Å². The van der Waals surface area contributed by atoms with Gasteiger partial charge in [-0.25, -0.2) is 9.56 Å². The third kappa shape index (κ3) is 3.01. The summed E-state index contributed by atoms with van der Waals surface area (Å²) in [5, 5.41) is 2.50. The number of benzene rings is 1. The van der Waals surface area contributed by atoms with E-state index in [4.69, 9.17) is 21.3 Å². The SMILES string of the molecule is CCC1=[N+](C)C2=NC3C(C)C3C(N3CCCC3COc3cnc(Cl)c4ccccc34)=C2C1. The van der Waals surface area contributed by atoms with Crippen LogP contribution >= 0.6 is 11.6 Å². The van der Waals surface area contributed by atoms with Crippen LogP contribution in [-0.4, -0.2) is 58.3 Å². The van der Waals surface area contributed by atoms with Crippen molar-refractivity contribution >= 4 is 33.9 Å². The molecule has 6 heteroatoms.